The van der Waals surface area contributed by atoms with Crippen LogP contribution in [-0.2, 0) is 5.60 Å². The predicted molar refractivity (Wildman–Crippen MR) is 101 cm³/mol. The maximum absolute atomic E-state index is 12.9. The highest BCUT2D eigenvalue weighted by molar-refractivity contribution is 5.98. The summed E-state index contributed by atoms with van der Waals surface area (Å²) in [6.07, 6.45) is 2.15. The van der Waals surface area contributed by atoms with Gasteiger partial charge in [-0.05, 0) is 37.8 Å². The summed E-state index contributed by atoms with van der Waals surface area (Å²) in [5.41, 5.74) is 2.37. The van der Waals surface area contributed by atoms with Crippen molar-refractivity contribution in [1.29, 1.82) is 0 Å². The Balaban J connectivity index is 1.85. The first-order chi connectivity index (χ1) is 13.5. The lowest BCUT2D eigenvalue weighted by atomic mass is 9.86. The lowest BCUT2D eigenvalue weighted by Crippen LogP contribution is -2.39. The summed E-state index contributed by atoms with van der Waals surface area (Å²) >= 11 is 0. The molecule has 0 bridgehead atoms. The van der Waals surface area contributed by atoms with Crippen molar-refractivity contribution in [3.8, 4) is 0 Å². The van der Waals surface area contributed by atoms with Crippen LogP contribution < -0.4 is 11.1 Å². The molecule has 2 heterocycles. The molecule has 2 aromatic rings. The van der Waals surface area contributed by atoms with Crippen LogP contribution in [-0.4, -0.2) is 32.0 Å². The van der Waals surface area contributed by atoms with Crippen LogP contribution in [0.3, 0.4) is 0 Å². The summed E-state index contributed by atoms with van der Waals surface area (Å²) in [5.74, 6) is -0.0398. The van der Waals surface area contributed by atoms with Gasteiger partial charge in [-0.25, -0.2) is 0 Å². The number of amides is 1. The molecule has 3 atom stereocenters. The number of carbonyl (C=O) groups is 1. The highest BCUT2D eigenvalue weighted by Crippen LogP contribution is 2.38. The van der Waals surface area contributed by atoms with Gasteiger partial charge in [-0.1, -0.05) is 19.8 Å². The summed E-state index contributed by atoms with van der Waals surface area (Å²) in [7, 11) is 0. The molecule has 0 spiro atoms. The van der Waals surface area contributed by atoms with Crippen LogP contribution in [0, 0.1) is 5.92 Å². The number of aliphatic hydroxyl groups is 1. The zero-order valence-corrected chi connectivity index (χ0v) is 16.2. The van der Waals surface area contributed by atoms with Gasteiger partial charge in [0.05, 0.1) is 23.6 Å². The highest BCUT2D eigenvalue weighted by Gasteiger charge is 2.52. The van der Waals surface area contributed by atoms with E-state index in [1.54, 1.807) is 10.9 Å². The number of pyridine rings is 1. The molecule has 0 aromatic carbocycles. The minimum atomic E-state index is -4.86. The van der Waals surface area contributed by atoms with Crippen LogP contribution in [0.15, 0.2) is 24.5 Å². The Hall–Kier alpha value is -2.62. The van der Waals surface area contributed by atoms with Crippen molar-refractivity contribution in [2.24, 2.45) is 11.7 Å². The molecule has 0 aliphatic heterocycles. The Kier molecular flexibility index (Phi) is 5.57. The van der Waals surface area contributed by atoms with Crippen LogP contribution in [0.5, 0.6) is 0 Å². The molecule has 158 valence electrons. The van der Waals surface area contributed by atoms with E-state index in [-0.39, 0.29) is 17.4 Å². The molecule has 0 radical (unpaired) electrons. The Bertz CT molecular complexity index is 877. The standard InChI is InChI=1S/C19H24F3N5O2/c1-11-5-3-4-6-14(11)27-10-13(16(23)28)17(26-27)25-12-7-8-15(24-9-12)18(2,29)19(20,21)22/h7-11,14,29H,3-6H2,1-2H3,(H2,23,28)(H,25,26)/t11-,14-,18-/m0/s1. The van der Waals surface area contributed by atoms with Crippen molar-refractivity contribution >= 4 is 17.4 Å². The first-order valence-electron chi connectivity index (χ1n) is 9.42. The number of carbonyl (C=O) groups excluding carboxylic acids is 1. The summed E-state index contributed by atoms with van der Waals surface area (Å²) in [4.78, 5) is 15.6. The molecule has 1 amide bonds. The monoisotopic (exact) mass is 411 g/mol. The topological polar surface area (TPSA) is 106 Å². The third-order valence-corrected chi connectivity index (χ3v) is 5.48. The molecule has 2 aromatic heterocycles. The number of nitrogens with one attached hydrogen (secondary N) is 1. The first kappa shape index (κ1) is 21.1. The molecule has 10 heteroatoms. The van der Waals surface area contributed by atoms with E-state index in [0.717, 1.165) is 37.9 Å². The van der Waals surface area contributed by atoms with Gasteiger partial charge in [-0.2, -0.15) is 18.3 Å². The van der Waals surface area contributed by atoms with Gasteiger partial charge in [-0.15, -0.1) is 0 Å². The number of rotatable bonds is 5. The molecular formula is C19H24F3N5O2. The molecule has 0 unspecified atom stereocenters. The van der Waals surface area contributed by atoms with E-state index >= 15 is 0 Å². The van der Waals surface area contributed by atoms with Gasteiger partial charge in [0.25, 0.3) is 5.91 Å². The van der Waals surface area contributed by atoms with Crippen molar-refractivity contribution in [3.63, 3.8) is 0 Å². The van der Waals surface area contributed by atoms with Gasteiger partial charge in [0.2, 0.25) is 0 Å². The van der Waals surface area contributed by atoms with Gasteiger partial charge in [-0.3, -0.25) is 14.5 Å². The van der Waals surface area contributed by atoms with Gasteiger partial charge < -0.3 is 16.2 Å². The number of anilines is 2. The molecule has 3 rings (SSSR count). The van der Waals surface area contributed by atoms with Gasteiger partial charge in [0.1, 0.15) is 5.56 Å². The van der Waals surface area contributed by atoms with Crippen LogP contribution in [0.4, 0.5) is 24.7 Å². The van der Waals surface area contributed by atoms with Crippen molar-refractivity contribution in [2.45, 2.75) is 57.3 Å². The Labute approximate surface area is 166 Å². The maximum atomic E-state index is 12.9. The number of hydrogen-bond donors (Lipinski definition) is 3. The van der Waals surface area contributed by atoms with Gasteiger partial charge >= 0.3 is 6.18 Å². The second-order valence-corrected chi connectivity index (χ2v) is 7.69. The summed E-state index contributed by atoms with van der Waals surface area (Å²) in [6, 6.07) is 2.55. The molecule has 0 saturated heterocycles. The zero-order valence-electron chi connectivity index (χ0n) is 16.2. The van der Waals surface area contributed by atoms with Gasteiger partial charge in [0, 0.05) is 6.20 Å². The van der Waals surface area contributed by atoms with E-state index in [0.29, 0.717) is 18.5 Å². The van der Waals surface area contributed by atoms with E-state index in [2.05, 4.69) is 22.3 Å². The molecule has 1 aliphatic rings. The second-order valence-electron chi connectivity index (χ2n) is 7.69. The highest BCUT2D eigenvalue weighted by atomic mass is 19.4. The number of aromatic nitrogens is 3. The van der Waals surface area contributed by atoms with E-state index in [9.17, 15) is 23.1 Å². The van der Waals surface area contributed by atoms with Gasteiger partial charge in [0.15, 0.2) is 11.4 Å². The number of primary amides is 1. The van der Waals surface area contributed by atoms with Crippen molar-refractivity contribution < 1.29 is 23.1 Å². The Morgan fingerprint density at radius 1 is 1.31 bits per heavy atom. The minimum Gasteiger partial charge on any atom is -0.375 e. The van der Waals surface area contributed by atoms with E-state index in [4.69, 9.17) is 5.73 Å². The minimum absolute atomic E-state index is 0.153. The zero-order chi connectivity index (χ0) is 21.4. The SMILES string of the molecule is C[C@H]1CCCC[C@@H]1n1cc(C(N)=O)c(Nc2ccc([C@](C)(O)C(F)(F)F)nc2)n1. The fourth-order valence-corrected chi connectivity index (χ4v) is 3.56. The molecule has 1 saturated carbocycles. The second kappa shape index (κ2) is 7.66. The Morgan fingerprint density at radius 2 is 2.00 bits per heavy atom. The predicted octanol–water partition coefficient (Wildman–Crippen LogP) is 3.64. The summed E-state index contributed by atoms with van der Waals surface area (Å²) in [5, 5.41) is 17.1. The normalized spacial score (nSPS) is 22.1. The fraction of sp³-hybridized carbons (Fsp3) is 0.526. The summed E-state index contributed by atoms with van der Waals surface area (Å²) in [6.45, 7) is 2.78. The van der Waals surface area contributed by atoms with Crippen LogP contribution in [0.2, 0.25) is 0 Å². The van der Waals surface area contributed by atoms with E-state index in [1.807, 2.05) is 0 Å². The number of nitrogens with two attached hydrogens (primary N) is 1. The third-order valence-electron chi connectivity index (χ3n) is 5.48. The number of nitrogens with zero attached hydrogens (tertiary/aromatic N) is 3. The van der Waals surface area contributed by atoms with Crippen molar-refractivity contribution in [3.05, 3.63) is 35.8 Å². The molecule has 1 aliphatic carbocycles. The van der Waals surface area contributed by atoms with E-state index < -0.39 is 23.4 Å². The smallest absolute Gasteiger partial charge is 0.375 e. The molecule has 7 nitrogen and oxygen atoms in total. The number of alkyl halides is 3. The van der Waals surface area contributed by atoms with Crippen molar-refractivity contribution in [1.82, 2.24) is 14.8 Å². The molecular weight excluding hydrogens is 387 g/mol. The first-order valence-corrected chi connectivity index (χ1v) is 9.42. The molecule has 1 fully saturated rings. The van der Waals surface area contributed by atoms with Crippen LogP contribution in [0.25, 0.3) is 0 Å². The Morgan fingerprint density at radius 3 is 2.55 bits per heavy atom. The van der Waals surface area contributed by atoms with Crippen molar-refractivity contribution in [2.75, 3.05) is 5.32 Å². The lowest BCUT2D eigenvalue weighted by molar-refractivity contribution is -0.260. The number of hydrogen-bond acceptors (Lipinski definition) is 5. The largest absolute Gasteiger partial charge is 0.422 e. The molecule has 4 N–H and O–H groups in total. The van der Waals surface area contributed by atoms with E-state index in [1.165, 1.54) is 6.07 Å². The summed E-state index contributed by atoms with van der Waals surface area (Å²) < 4.78 is 40.6. The quantitative estimate of drug-likeness (QED) is 0.697. The average molecular weight is 411 g/mol. The average Bonchev–Trinajstić information content (AvgIpc) is 3.05. The lowest BCUT2D eigenvalue weighted by Gasteiger charge is -2.28. The molecule has 29 heavy (non-hydrogen) atoms. The third kappa shape index (κ3) is 4.21. The fourth-order valence-electron chi connectivity index (χ4n) is 3.56. The van der Waals surface area contributed by atoms with Crippen LogP contribution in [0.1, 0.15) is 61.6 Å². The van der Waals surface area contributed by atoms with Crippen LogP contribution >= 0.6 is 0 Å². The maximum Gasteiger partial charge on any atom is 0.422 e. The number of halogens is 3.